The second-order valence-electron chi connectivity index (χ2n) is 5.26. The molecule has 1 amide bonds. The zero-order chi connectivity index (χ0) is 14.3. The van der Waals surface area contributed by atoms with Crippen LogP contribution in [-0.2, 0) is 4.79 Å². The first-order chi connectivity index (χ1) is 9.08. The van der Waals surface area contributed by atoms with Gasteiger partial charge in [0.05, 0.1) is 19.0 Å². The molecule has 0 aliphatic carbocycles. The SMILES string of the molecule is CCCC(CC(=O)N[C@H](CO)C(C)C)n1ccnc1. The fourth-order valence-corrected chi connectivity index (χ4v) is 2.08. The monoisotopic (exact) mass is 267 g/mol. The molecule has 0 saturated carbocycles. The fraction of sp³-hybridized carbons (Fsp3) is 0.714. The summed E-state index contributed by atoms with van der Waals surface area (Å²) in [5.41, 5.74) is 0. The molecule has 0 radical (unpaired) electrons. The van der Waals surface area contributed by atoms with Gasteiger partial charge in [-0.15, -0.1) is 0 Å². The van der Waals surface area contributed by atoms with Crippen LogP contribution in [-0.4, -0.2) is 33.2 Å². The quantitative estimate of drug-likeness (QED) is 0.754. The molecule has 0 bridgehead atoms. The smallest absolute Gasteiger partial charge is 0.222 e. The van der Waals surface area contributed by atoms with Crippen molar-refractivity contribution in [1.29, 1.82) is 0 Å². The summed E-state index contributed by atoms with van der Waals surface area (Å²) in [6.45, 7) is 6.06. The topological polar surface area (TPSA) is 67.2 Å². The van der Waals surface area contributed by atoms with Crippen LogP contribution in [0.4, 0.5) is 0 Å². The number of carbonyl (C=O) groups is 1. The highest BCUT2D eigenvalue weighted by Gasteiger charge is 2.19. The molecule has 1 unspecified atom stereocenters. The van der Waals surface area contributed by atoms with Gasteiger partial charge in [-0.3, -0.25) is 4.79 Å². The maximum Gasteiger partial charge on any atom is 0.222 e. The third kappa shape index (κ3) is 5.03. The van der Waals surface area contributed by atoms with Gasteiger partial charge in [-0.25, -0.2) is 4.98 Å². The predicted molar refractivity (Wildman–Crippen MR) is 74.6 cm³/mol. The highest BCUT2D eigenvalue weighted by Crippen LogP contribution is 2.17. The van der Waals surface area contributed by atoms with Gasteiger partial charge < -0.3 is 15.0 Å². The number of nitrogens with one attached hydrogen (secondary N) is 1. The Morgan fingerprint density at radius 1 is 1.47 bits per heavy atom. The Balaban J connectivity index is 2.57. The first-order valence-electron chi connectivity index (χ1n) is 6.96. The lowest BCUT2D eigenvalue weighted by Gasteiger charge is -2.22. The summed E-state index contributed by atoms with van der Waals surface area (Å²) in [6.07, 6.45) is 7.75. The Bertz CT molecular complexity index is 363. The Morgan fingerprint density at radius 2 is 2.21 bits per heavy atom. The first-order valence-corrected chi connectivity index (χ1v) is 6.96. The normalized spacial score (nSPS) is 14.4. The van der Waals surface area contributed by atoms with Crippen molar-refractivity contribution in [2.45, 2.75) is 52.1 Å². The van der Waals surface area contributed by atoms with E-state index in [4.69, 9.17) is 0 Å². The number of aromatic nitrogens is 2. The Labute approximate surface area is 115 Å². The van der Waals surface area contributed by atoms with Crippen LogP contribution in [0.2, 0.25) is 0 Å². The number of aliphatic hydroxyl groups excluding tert-OH is 1. The van der Waals surface area contributed by atoms with E-state index in [1.54, 1.807) is 12.5 Å². The van der Waals surface area contributed by atoms with Crippen molar-refractivity contribution in [3.8, 4) is 0 Å². The van der Waals surface area contributed by atoms with E-state index in [1.165, 1.54) is 0 Å². The molecule has 0 saturated heterocycles. The lowest BCUT2D eigenvalue weighted by atomic mass is 10.0. The summed E-state index contributed by atoms with van der Waals surface area (Å²) in [6, 6.07) is -0.0310. The second kappa shape index (κ2) is 7.94. The van der Waals surface area contributed by atoms with Gasteiger partial charge >= 0.3 is 0 Å². The minimum absolute atomic E-state index is 0.0140. The number of aliphatic hydroxyl groups is 1. The van der Waals surface area contributed by atoms with E-state index in [0.717, 1.165) is 12.8 Å². The first kappa shape index (κ1) is 15.7. The molecule has 1 heterocycles. The summed E-state index contributed by atoms with van der Waals surface area (Å²) >= 11 is 0. The summed E-state index contributed by atoms with van der Waals surface area (Å²) in [5.74, 6) is 0.215. The van der Waals surface area contributed by atoms with Crippen LogP contribution in [0.15, 0.2) is 18.7 Å². The maximum atomic E-state index is 12.0. The van der Waals surface area contributed by atoms with Gasteiger partial charge in [0.1, 0.15) is 0 Å². The molecular weight excluding hydrogens is 242 g/mol. The number of hydrogen-bond donors (Lipinski definition) is 2. The van der Waals surface area contributed by atoms with E-state index in [1.807, 2.05) is 24.6 Å². The third-order valence-electron chi connectivity index (χ3n) is 3.34. The van der Waals surface area contributed by atoms with Gasteiger partial charge in [-0.1, -0.05) is 27.2 Å². The fourth-order valence-electron chi connectivity index (χ4n) is 2.08. The minimum Gasteiger partial charge on any atom is -0.394 e. The molecule has 5 heteroatoms. The molecule has 0 aliphatic heterocycles. The van der Waals surface area contributed by atoms with Crippen molar-refractivity contribution < 1.29 is 9.90 Å². The number of amides is 1. The van der Waals surface area contributed by atoms with E-state index < -0.39 is 0 Å². The van der Waals surface area contributed by atoms with Crippen molar-refractivity contribution in [2.24, 2.45) is 5.92 Å². The van der Waals surface area contributed by atoms with E-state index in [9.17, 15) is 9.90 Å². The average Bonchev–Trinajstić information content (AvgIpc) is 2.88. The molecule has 1 aromatic rings. The number of hydrogen-bond acceptors (Lipinski definition) is 3. The Kier molecular flexibility index (Phi) is 6.56. The van der Waals surface area contributed by atoms with Gasteiger partial charge in [0.25, 0.3) is 0 Å². The molecule has 19 heavy (non-hydrogen) atoms. The lowest BCUT2D eigenvalue weighted by Crippen LogP contribution is -2.41. The van der Waals surface area contributed by atoms with Crippen LogP contribution in [0.3, 0.4) is 0 Å². The summed E-state index contributed by atoms with van der Waals surface area (Å²) in [4.78, 5) is 16.1. The zero-order valence-corrected chi connectivity index (χ0v) is 12.0. The number of carbonyl (C=O) groups excluding carboxylic acids is 1. The number of rotatable bonds is 8. The number of nitrogens with zero attached hydrogens (tertiary/aromatic N) is 2. The number of imidazole rings is 1. The summed E-state index contributed by atoms with van der Waals surface area (Å²) in [5, 5.41) is 12.1. The highest BCUT2D eigenvalue weighted by atomic mass is 16.3. The van der Waals surface area contributed by atoms with E-state index >= 15 is 0 Å². The van der Waals surface area contributed by atoms with Gasteiger partial charge in [0.15, 0.2) is 0 Å². The Hall–Kier alpha value is -1.36. The lowest BCUT2D eigenvalue weighted by molar-refractivity contribution is -0.123. The molecule has 2 N–H and O–H groups in total. The molecule has 0 aromatic carbocycles. The van der Waals surface area contributed by atoms with Crippen LogP contribution in [0, 0.1) is 5.92 Å². The predicted octanol–water partition coefficient (Wildman–Crippen LogP) is 1.75. The average molecular weight is 267 g/mol. The molecular formula is C14H25N3O2. The molecule has 0 aliphatic rings. The van der Waals surface area contributed by atoms with Crippen LogP contribution < -0.4 is 5.32 Å². The molecule has 2 atom stereocenters. The van der Waals surface area contributed by atoms with Crippen molar-refractivity contribution in [1.82, 2.24) is 14.9 Å². The summed E-state index contributed by atoms with van der Waals surface area (Å²) in [7, 11) is 0. The van der Waals surface area contributed by atoms with Crippen LogP contribution in [0.25, 0.3) is 0 Å². The van der Waals surface area contributed by atoms with E-state index in [0.29, 0.717) is 6.42 Å². The molecule has 5 nitrogen and oxygen atoms in total. The van der Waals surface area contributed by atoms with Gasteiger partial charge in [0, 0.05) is 24.9 Å². The molecule has 0 spiro atoms. The van der Waals surface area contributed by atoms with Crippen molar-refractivity contribution >= 4 is 5.91 Å². The van der Waals surface area contributed by atoms with Gasteiger partial charge in [-0.2, -0.15) is 0 Å². The van der Waals surface area contributed by atoms with Crippen LogP contribution in [0.1, 0.15) is 46.1 Å². The molecule has 1 aromatic heterocycles. The second-order valence-corrected chi connectivity index (χ2v) is 5.26. The van der Waals surface area contributed by atoms with E-state index in [-0.39, 0.29) is 30.5 Å². The zero-order valence-electron chi connectivity index (χ0n) is 12.0. The van der Waals surface area contributed by atoms with Crippen LogP contribution in [0.5, 0.6) is 0 Å². The van der Waals surface area contributed by atoms with E-state index in [2.05, 4.69) is 17.2 Å². The van der Waals surface area contributed by atoms with Gasteiger partial charge in [-0.05, 0) is 12.3 Å². The van der Waals surface area contributed by atoms with Crippen molar-refractivity contribution in [2.75, 3.05) is 6.61 Å². The minimum atomic E-state index is -0.169. The van der Waals surface area contributed by atoms with Crippen molar-refractivity contribution in [3.63, 3.8) is 0 Å². The summed E-state index contributed by atoms with van der Waals surface area (Å²) < 4.78 is 1.98. The molecule has 108 valence electrons. The largest absolute Gasteiger partial charge is 0.394 e. The molecule has 1 rings (SSSR count). The standard InChI is InChI=1S/C14H25N3O2/c1-4-5-12(17-7-6-15-10-17)8-14(19)16-13(9-18)11(2)3/h6-7,10-13,18H,4-5,8-9H2,1-3H3,(H,16,19)/t12?,13-/m1/s1. The van der Waals surface area contributed by atoms with Crippen molar-refractivity contribution in [3.05, 3.63) is 18.7 Å². The third-order valence-corrected chi connectivity index (χ3v) is 3.34. The van der Waals surface area contributed by atoms with Crippen LogP contribution >= 0.6 is 0 Å². The maximum absolute atomic E-state index is 12.0. The highest BCUT2D eigenvalue weighted by molar-refractivity contribution is 5.76. The van der Waals surface area contributed by atoms with Gasteiger partial charge in [0.2, 0.25) is 5.91 Å². The Morgan fingerprint density at radius 3 is 2.68 bits per heavy atom. The molecule has 0 fully saturated rings.